The molecule has 1 aliphatic heterocycles. The van der Waals surface area contributed by atoms with Gasteiger partial charge in [-0.3, -0.25) is 14.5 Å². The summed E-state index contributed by atoms with van der Waals surface area (Å²) in [6.45, 7) is 10.1. The van der Waals surface area contributed by atoms with E-state index >= 15 is 0 Å². The highest BCUT2D eigenvalue weighted by Crippen LogP contribution is 2.19. The lowest BCUT2D eigenvalue weighted by Crippen LogP contribution is -2.52. The monoisotopic (exact) mass is 349 g/mol. The molecular weight excluding hydrogens is 318 g/mol. The molecule has 25 heavy (non-hydrogen) atoms. The molecule has 0 aliphatic carbocycles. The van der Waals surface area contributed by atoms with E-state index in [0.29, 0.717) is 12.5 Å². The van der Waals surface area contributed by atoms with Crippen LogP contribution in [0.15, 0.2) is 17.1 Å². The number of rotatable bonds is 7. The van der Waals surface area contributed by atoms with Gasteiger partial charge in [-0.15, -0.1) is 0 Å². The summed E-state index contributed by atoms with van der Waals surface area (Å²) in [5.74, 6) is 0.226. The maximum atomic E-state index is 12.5. The van der Waals surface area contributed by atoms with Gasteiger partial charge in [0, 0.05) is 50.7 Å². The lowest BCUT2D eigenvalue weighted by molar-refractivity contribution is 0.00191. The van der Waals surface area contributed by atoms with E-state index in [0.717, 1.165) is 44.8 Å². The second-order valence-corrected chi connectivity index (χ2v) is 6.81. The molecule has 1 N–H and O–H groups in total. The number of carbonyl (C=O) groups is 1. The molecule has 2 rings (SSSR count). The third-order valence-electron chi connectivity index (χ3n) is 5.31. The van der Waals surface area contributed by atoms with Crippen LogP contribution in [0.2, 0.25) is 0 Å². The Bertz CT molecular complexity index is 631. The first-order valence-electron chi connectivity index (χ1n) is 9.25. The van der Waals surface area contributed by atoms with E-state index in [1.165, 1.54) is 6.07 Å². The van der Waals surface area contributed by atoms with Gasteiger partial charge in [0.25, 0.3) is 5.91 Å². The molecule has 0 aromatic carbocycles. The van der Waals surface area contributed by atoms with Crippen molar-refractivity contribution >= 4 is 5.91 Å². The number of nitrogens with one attached hydrogen (secondary N) is 1. The average molecular weight is 349 g/mol. The average Bonchev–Trinajstić information content (AvgIpc) is 2.62. The maximum Gasteiger partial charge on any atom is 0.256 e. The highest BCUT2D eigenvalue weighted by atomic mass is 16.5. The molecule has 140 valence electrons. The summed E-state index contributed by atoms with van der Waals surface area (Å²) < 4.78 is 7.26. The molecule has 0 unspecified atom stereocenters. The first-order chi connectivity index (χ1) is 12.0. The van der Waals surface area contributed by atoms with Crippen LogP contribution in [0.4, 0.5) is 0 Å². The van der Waals surface area contributed by atoms with Gasteiger partial charge in [-0.2, -0.15) is 0 Å². The van der Waals surface area contributed by atoms with E-state index in [-0.39, 0.29) is 22.9 Å². The zero-order valence-corrected chi connectivity index (χ0v) is 15.9. The number of aryl methyl sites for hydroxylation is 2. The SMILES string of the molecule is CCC(CC)[C@H](CNC(=O)c1cn(C)c(C)cc1=O)N1CCOCC1. The molecule has 1 aromatic heterocycles. The molecule has 1 aromatic rings. The Morgan fingerprint density at radius 2 is 1.92 bits per heavy atom. The highest BCUT2D eigenvalue weighted by molar-refractivity contribution is 5.93. The molecule has 2 heterocycles. The van der Waals surface area contributed by atoms with E-state index in [9.17, 15) is 9.59 Å². The second-order valence-electron chi connectivity index (χ2n) is 6.81. The largest absolute Gasteiger partial charge is 0.379 e. The first-order valence-corrected chi connectivity index (χ1v) is 9.25. The minimum absolute atomic E-state index is 0.207. The van der Waals surface area contributed by atoms with E-state index in [1.807, 2.05) is 14.0 Å². The summed E-state index contributed by atoms with van der Waals surface area (Å²) in [6, 6.07) is 1.78. The molecule has 0 spiro atoms. The summed E-state index contributed by atoms with van der Waals surface area (Å²) in [6.07, 6.45) is 3.76. The zero-order chi connectivity index (χ0) is 18.4. The van der Waals surface area contributed by atoms with Gasteiger partial charge in [0.05, 0.1) is 13.2 Å². The van der Waals surface area contributed by atoms with Gasteiger partial charge in [0.2, 0.25) is 0 Å². The lowest BCUT2D eigenvalue weighted by Gasteiger charge is -2.38. The van der Waals surface area contributed by atoms with Crippen LogP contribution >= 0.6 is 0 Å². The predicted molar refractivity (Wildman–Crippen MR) is 99.0 cm³/mol. The number of amides is 1. The van der Waals surface area contributed by atoms with Crippen molar-refractivity contribution in [3.63, 3.8) is 0 Å². The van der Waals surface area contributed by atoms with Gasteiger partial charge in [-0.05, 0) is 12.8 Å². The molecule has 1 saturated heterocycles. The first kappa shape index (κ1) is 19.7. The summed E-state index contributed by atoms with van der Waals surface area (Å²) in [5, 5.41) is 3.00. The van der Waals surface area contributed by atoms with Crippen molar-refractivity contribution < 1.29 is 9.53 Å². The van der Waals surface area contributed by atoms with Crippen LogP contribution in [-0.2, 0) is 11.8 Å². The number of morpholine rings is 1. The van der Waals surface area contributed by atoms with E-state index in [4.69, 9.17) is 4.74 Å². The number of hydrogen-bond donors (Lipinski definition) is 1. The quantitative estimate of drug-likeness (QED) is 0.811. The minimum Gasteiger partial charge on any atom is -0.379 e. The number of nitrogens with zero attached hydrogens (tertiary/aromatic N) is 2. The minimum atomic E-state index is -0.287. The number of carbonyl (C=O) groups excluding carboxylic acids is 1. The van der Waals surface area contributed by atoms with Gasteiger partial charge in [-0.25, -0.2) is 0 Å². The topological polar surface area (TPSA) is 63.6 Å². The fourth-order valence-electron chi connectivity index (χ4n) is 3.53. The highest BCUT2D eigenvalue weighted by Gasteiger charge is 2.27. The van der Waals surface area contributed by atoms with E-state index < -0.39 is 0 Å². The van der Waals surface area contributed by atoms with Crippen molar-refractivity contribution in [3.05, 3.63) is 33.7 Å². The van der Waals surface area contributed by atoms with Crippen molar-refractivity contribution in [2.24, 2.45) is 13.0 Å². The molecule has 1 amide bonds. The Morgan fingerprint density at radius 1 is 1.28 bits per heavy atom. The van der Waals surface area contributed by atoms with Gasteiger partial charge in [0.1, 0.15) is 5.56 Å². The number of ether oxygens (including phenoxy) is 1. The molecule has 6 heteroatoms. The molecule has 0 saturated carbocycles. The van der Waals surface area contributed by atoms with Crippen LogP contribution in [0.1, 0.15) is 42.7 Å². The molecule has 1 fully saturated rings. The van der Waals surface area contributed by atoms with Crippen molar-refractivity contribution in [2.45, 2.75) is 39.7 Å². The van der Waals surface area contributed by atoms with Crippen molar-refractivity contribution in [3.8, 4) is 0 Å². The van der Waals surface area contributed by atoms with Crippen molar-refractivity contribution in [1.29, 1.82) is 0 Å². The standard InChI is InChI=1S/C19H31N3O3/c1-5-15(6-2)17(22-7-9-25-10-8-22)12-20-19(24)16-13-21(4)14(3)11-18(16)23/h11,13,15,17H,5-10,12H2,1-4H3,(H,20,24)/t17-/m0/s1. The van der Waals surface area contributed by atoms with Crippen molar-refractivity contribution in [2.75, 3.05) is 32.8 Å². The van der Waals surface area contributed by atoms with Crippen molar-refractivity contribution in [1.82, 2.24) is 14.8 Å². The van der Waals surface area contributed by atoms with Gasteiger partial charge < -0.3 is 14.6 Å². The van der Waals surface area contributed by atoms with E-state index in [1.54, 1.807) is 10.8 Å². The third kappa shape index (κ3) is 4.92. The van der Waals surface area contributed by atoms with Crippen LogP contribution in [0.3, 0.4) is 0 Å². The number of hydrogen-bond acceptors (Lipinski definition) is 4. The summed E-state index contributed by atoms with van der Waals surface area (Å²) in [5.41, 5.74) is 0.821. The van der Waals surface area contributed by atoms with Gasteiger partial charge >= 0.3 is 0 Å². The van der Waals surface area contributed by atoms with Crippen LogP contribution in [0.5, 0.6) is 0 Å². The van der Waals surface area contributed by atoms with Crippen LogP contribution < -0.4 is 10.7 Å². The normalized spacial score (nSPS) is 16.8. The summed E-state index contributed by atoms with van der Waals surface area (Å²) >= 11 is 0. The second kappa shape index (κ2) is 9.15. The van der Waals surface area contributed by atoms with Gasteiger partial charge in [-0.1, -0.05) is 26.7 Å². The number of pyridine rings is 1. The predicted octanol–water partition coefficient (Wildman–Crippen LogP) is 1.56. The lowest BCUT2D eigenvalue weighted by atomic mass is 9.92. The summed E-state index contributed by atoms with van der Waals surface area (Å²) in [4.78, 5) is 27.1. The Hall–Kier alpha value is -1.66. The smallest absolute Gasteiger partial charge is 0.256 e. The third-order valence-corrected chi connectivity index (χ3v) is 5.31. The maximum absolute atomic E-state index is 12.5. The Balaban J connectivity index is 2.10. The fraction of sp³-hybridized carbons (Fsp3) is 0.684. The molecule has 0 radical (unpaired) electrons. The zero-order valence-electron chi connectivity index (χ0n) is 15.9. The van der Waals surface area contributed by atoms with Crippen LogP contribution in [0.25, 0.3) is 0 Å². The molecule has 1 atom stereocenters. The van der Waals surface area contributed by atoms with Crippen LogP contribution in [-0.4, -0.2) is 54.3 Å². The van der Waals surface area contributed by atoms with Gasteiger partial charge in [0.15, 0.2) is 5.43 Å². The molecule has 0 bridgehead atoms. The Kier molecular flexibility index (Phi) is 7.20. The Labute approximate surface area is 150 Å². The fourth-order valence-corrected chi connectivity index (χ4v) is 3.53. The van der Waals surface area contributed by atoms with Crippen LogP contribution in [0, 0.1) is 12.8 Å². The summed E-state index contributed by atoms with van der Waals surface area (Å²) in [7, 11) is 1.84. The number of aromatic nitrogens is 1. The molecule has 1 aliphatic rings. The van der Waals surface area contributed by atoms with E-state index in [2.05, 4.69) is 24.1 Å². The molecular formula is C19H31N3O3. The molecule has 6 nitrogen and oxygen atoms in total. The Morgan fingerprint density at radius 3 is 2.52 bits per heavy atom.